The summed E-state index contributed by atoms with van der Waals surface area (Å²) in [5, 5.41) is 0. The van der Waals surface area contributed by atoms with Gasteiger partial charge in [0, 0.05) is 5.41 Å². The van der Waals surface area contributed by atoms with Crippen LogP contribution in [-0.4, -0.2) is 0 Å². The van der Waals surface area contributed by atoms with Crippen molar-refractivity contribution in [2.75, 3.05) is 0 Å². The fourth-order valence-corrected chi connectivity index (χ4v) is 9.78. The summed E-state index contributed by atoms with van der Waals surface area (Å²) < 4.78 is 0. The molecule has 0 spiro atoms. The number of rotatable bonds is 5. The second kappa shape index (κ2) is 10.2. The summed E-state index contributed by atoms with van der Waals surface area (Å²) in [6.45, 7) is 42.4. The fourth-order valence-electron chi connectivity index (χ4n) is 9.78. The van der Waals surface area contributed by atoms with Crippen LogP contribution < -0.4 is 0 Å². The van der Waals surface area contributed by atoms with Crippen LogP contribution in [0.25, 0.3) is 11.1 Å². The molecular weight excluding hydrogens is 516 g/mol. The number of allylic oxidation sites excluding steroid dienone is 8. The Kier molecular flexibility index (Phi) is 7.44. The molecule has 0 aromatic heterocycles. The van der Waals surface area contributed by atoms with Crippen LogP contribution >= 0.6 is 0 Å². The Bertz CT molecular complexity index is 1640. The molecule has 0 radical (unpaired) electrons. The lowest BCUT2D eigenvalue weighted by Gasteiger charge is -2.62. The van der Waals surface area contributed by atoms with Crippen LogP contribution in [0.3, 0.4) is 0 Å². The van der Waals surface area contributed by atoms with E-state index in [1.807, 2.05) is 0 Å². The fraction of sp³-hybridized carbons (Fsp3) is 0.442. The summed E-state index contributed by atoms with van der Waals surface area (Å²) in [4.78, 5) is 0. The summed E-state index contributed by atoms with van der Waals surface area (Å²) in [6, 6.07) is 13.2. The molecule has 226 valence electrons. The lowest BCUT2D eigenvalue weighted by molar-refractivity contribution is 0.0543. The Morgan fingerprint density at radius 1 is 0.930 bits per heavy atom. The highest BCUT2D eigenvalue weighted by molar-refractivity contribution is 5.88. The van der Waals surface area contributed by atoms with Gasteiger partial charge in [-0.1, -0.05) is 121 Å². The van der Waals surface area contributed by atoms with Crippen LogP contribution in [-0.2, 0) is 18.3 Å². The first-order valence-corrected chi connectivity index (χ1v) is 16.2. The van der Waals surface area contributed by atoms with E-state index >= 15 is 0 Å². The molecule has 0 N–H and O–H groups in total. The second-order valence-corrected chi connectivity index (χ2v) is 16.0. The number of benzene rings is 2. The zero-order chi connectivity index (χ0) is 31.9. The van der Waals surface area contributed by atoms with Gasteiger partial charge in [-0.25, -0.2) is 0 Å². The smallest absolute Gasteiger partial charge is 0.0194 e. The number of fused-ring (bicyclic) bond motifs is 3. The molecule has 0 heteroatoms. The van der Waals surface area contributed by atoms with Gasteiger partial charge in [0.2, 0.25) is 0 Å². The maximum atomic E-state index is 4.95. The molecule has 0 saturated heterocycles. The third-order valence-corrected chi connectivity index (χ3v) is 11.8. The molecule has 2 aromatic rings. The van der Waals surface area contributed by atoms with Crippen LogP contribution in [0.15, 0.2) is 96.2 Å². The van der Waals surface area contributed by atoms with Crippen LogP contribution in [0.1, 0.15) is 115 Å². The molecular formula is C43H54. The van der Waals surface area contributed by atoms with Crippen molar-refractivity contribution in [3.05, 3.63) is 130 Å². The quantitative estimate of drug-likeness (QED) is 0.335. The topological polar surface area (TPSA) is 0 Å². The van der Waals surface area contributed by atoms with Crippen LogP contribution in [0, 0.1) is 23.2 Å². The Balaban J connectivity index is 1.70. The van der Waals surface area contributed by atoms with Gasteiger partial charge in [-0.2, -0.15) is 0 Å². The average molecular weight is 571 g/mol. The van der Waals surface area contributed by atoms with Crippen molar-refractivity contribution in [1.29, 1.82) is 0 Å². The molecule has 3 aliphatic carbocycles. The first-order valence-electron chi connectivity index (χ1n) is 16.2. The van der Waals surface area contributed by atoms with Crippen molar-refractivity contribution in [3.8, 4) is 0 Å². The summed E-state index contributed by atoms with van der Waals surface area (Å²) >= 11 is 0. The van der Waals surface area contributed by atoms with E-state index in [9.17, 15) is 0 Å². The van der Waals surface area contributed by atoms with Gasteiger partial charge >= 0.3 is 0 Å². The predicted octanol–water partition coefficient (Wildman–Crippen LogP) is 12.1. The number of hydrogen-bond acceptors (Lipinski definition) is 0. The van der Waals surface area contributed by atoms with Crippen LogP contribution in [0.2, 0.25) is 0 Å². The summed E-state index contributed by atoms with van der Waals surface area (Å²) in [5.74, 6) is 0. The molecule has 2 aromatic carbocycles. The molecule has 0 saturated carbocycles. The van der Waals surface area contributed by atoms with Crippen molar-refractivity contribution in [1.82, 2.24) is 0 Å². The minimum Gasteiger partial charge on any atom is -0.0955 e. The average Bonchev–Trinajstić information content (AvgIpc) is 2.89. The SMILES string of the molecule is C=C(C)C1=C(C)C[C@@]2(C)C[C@@]3(C)Cc4c(CCC(=C)c5ccccc5)cc(C(C)(C)C)c(C)c4C(=C)C3=C(C)[C@@]2(C)C1=C. The number of hydrogen-bond donors (Lipinski definition) is 0. The molecule has 3 atom stereocenters. The third-order valence-electron chi connectivity index (χ3n) is 11.8. The van der Waals surface area contributed by atoms with Crippen molar-refractivity contribution in [2.24, 2.45) is 16.2 Å². The first kappa shape index (κ1) is 31.3. The highest BCUT2D eigenvalue weighted by Crippen LogP contribution is 2.70. The third kappa shape index (κ3) is 4.63. The summed E-state index contributed by atoms with van der Waals surface area (Å²) in [7, 11) is 0. The summed E-state index contributed by atoms with van der Waals surface area (Å²) in [5.41, 5.74) is 19.0. The lowest BCUT2D eigenvalue weighted by Crippen LogP contribution is -2.52. The van der Waals surface area contributed by atoms with Crippen molar-refractivity contribution >= 4 is 11.1 Å². The van der Waals surface area contributed by atoms with E-state index in [1.54, 1.807) is 0 Å². The normalized spacial score (nSPS) is 27.1. The molecule has 0 nitrogen and oxygen atoms in total. The van der Waals surface area contributed by atoms with E-state index in [2.05, 4.69) is 119 Å². The van der Waals surface area contributed by atoms with Gasteiger partial charge < -0.3 is 0 Å². The maximum Gasteiger partial charge on any atom is 0.0194 e. The molecule has 0 aliphatic heterocycles. The van der Waals surface area contributed by atoms with Crippen molar-refractivity contribution in [3.63, 3.8) is 0 Å². The zero-order valence-corrected chi connectivity index (χ0v) is 28.8. The van der Waals surface area contributed by atoms with Gasteiger partial charge in [0.25, 0.3) is 0 Å². The van der Waals surface area contributed by atoms with Gasteiger partial charge in [0.05, 0.1) is 0 Å². The Hall–Kier alpha value is -3.12. The van der Waals surface area contributed by atoms with E-state index in [0.717, 1.165) is 37.7 Å². The van der Waals surface area contributed by atoms with Gasteiger partial charge in [0.15, 0.2) is 0 Å². The molecule has 0 unspecified atom stereocenters. The molecule has 0 heterocycles. The monoisotopic (exact) mass is 570 g/mol. The molecule has 0 bridgehead atoms. The van der Waals surface area contributed by atoms with E-state index in [4.69, 9.17) is 13.2 Å². The van der Waals surface area contributed by atoms with E-state index in [-0.39, 0.29) is 21.7 Å². The van der Waals surface area contributed by atoms with Gasteiger partial charge in [-0.15, -0.1) is 0 Å². The van der Waals surface area contributed by atoms with Crippen molar-refractivity contribution < 1.29 is 0 Å². The predicted molar refractivity (Wildman–Crippen MR) is 189 cm³/mol. The Morgan fingerprint density at radius 3 is 2.14 bits per heavy atom. The standard InChI is InChI=1S/C43H54/c1-26(2)37-28(4)23-42(13)25-41(12)24-35-34(21-20-27(3)33-18-16-15-17-19-33)22-36(40(9,10)11)29(5)38(35)30(6)39(41)32(8)43(42,14)31(37)7/h15-19,22H,1,3,6-7,20-21,23-25H2,2,4-5,8-14H3/t41-,42+,43-/m1/s1. The largest absolute Gasteiger partial charge is 0.0955 e. The van der Waals surface area contributed by atoms with E-state index < -0.39 is 0 Å². The van der Waals surface area contributed by atoms with Crippen LogP contribution in [0.5, 0.6) is 0 Å². The lowest BCUT2D eigenvalue weighted by atomic mass is 9.41. The molecule has 0 fully saturated rings. The Morgan fingerprint density at radius 2 is 1.56 bits per heavy atom. The van der Waals surface area contributed by atoms with Gasteiger partial charge in [-0.3, -0.25) is 0 Å². The highest BCUT2D eigenvalue weighted by atomic mass is 14.6. The Labute approximate surface area is 263 Å². The minimum absolute atomic E-state index is 0.0184. The minimum atomic E-state index is -0.137. The molecule has 43 heavy (non-hydrogen) atoms. The maximum absolute atomic E-state index is 4.95. The van der Waals surface area contributed by atoms with E-state index in [1.165, 1.54) is 72.4 Å². The second-order valence-electron chi connectivity index (χ2n) is 16.0. The molecule has 0 amide bonds. The number of aryl methyl sites for hydroxylation is 1. The molecule has 3 aliphatic rings. The zero-order valence-electron chi connectivity index (χ0n) is 28.8. The van der Waals surface area contributed by atoms with Gasteiger partial charge in [0.1, 0.15) is 0 Å². The van der Waals surface area contributed by atoms with Crippen molar-refractivity contribution in [2.45, 2.75) is 107 Å². The first-order chi connectivity index (χ1) is 19.9. The summed E-state index contributed by atoms with van der Waals surface area (Å²) in [6.07, 6.45) is 5.21. The highest BCUT2D eigenvalue weighted by Gasteiger charge is 2.59. The van der Waals surface area contributed by atoms with E-state index in [0.29, 0.717) is 0 Å². The van der Waals surface area contributed by atoms with Gasteiger partial charge in [-0.05, 0) is 137 Å². The molecule has 5 rings (SSSR count). The van der Waals surface area contributed by atoms with Crippen LogP contribution in [0.4, 0.5) is 0 Å².